The molecule has 0 saturated carbocycles. The predicted octanol–water partition coefficient (Wildman–Crippen LogP) is 2.54. The SMILES string of the molecule is CCc1cc(C=O)c(O)c(Br)c1OC. The van der Waals surface area contributed by atoms with E-state index in [0.29, 0.717) is 16.5 Å². The standard InChI is InChI=1S/C10H11BrO3/c1-3-6-4-7(5-12)9(13)8(11)10(6)14-2/h4-5,13H,3H2,1-2H3. The van der Waals surface area contributed by atoms with Gasteiger partial charge in [0.15, 0.2) is 6.29 Å². The van der Waals surface area contributed by atoms with Gasteiger partial charge in [0.1, 0.15) is 16.0 Å². The van der Waals surface area contributed by atoms with Gasteiger partial charge in [0, 0.05) is 0 Å². The van der Waals surface area contributed by atoms with Gasteiger partial charge in [0.2, 0.25) is 0 Å². The van der Waals surface area contributed by atoms with Gasteiger partial charge in [-0.15, -0.1) is 0 Å². The van der Waals surface area contributed by atoms with Gasteiger partial charge >= 0.3 is 0 Å². The van der Waals surface area contributed by atoms with Crippen molar-refractivity contribution >= 4 is 22.2 Å². The molecule has 1 aromatic rings. The fourth-order valence-electron chi connectivity index (χ4n) is 1.27. The van der Waals surface area contributed by atoms with Crippen molar-refractivity contribution in [3.05, 3.63) is 21.7 Å². The maximum atomic E-state index is 10.6. The Balaban J connectivity index is 3.45. The number of aryl methyl sites for hydroxylation is 1. The summed E-state index contributed by atoms with van der Waals surface area (Å²) in [7, 11) is 1.53. The maximum absolute atomic E-state index is 10.6. The third-order valence-corrected chi connectivity index (χ3v) is 2.75. The third kappa shape index (κ3) is 1.75. The van der Waals surface area contributed by atoms with Crippen molar-refractivity contribution in [3.63, 3.8) is 0 Å². The number of ether oxygens (including phenoxy) is 1. The number of methoxy groups -OCH3 is 1. The quantitative estimate of drug-likeness (QED) is 0.848. The molecule has 0 aliphatic carbocycles. The Hall–Kier alpha value is -1.03. The Labute approximate surface area is 90.8 Å². The number of aldehydes is 1. The zero-order valence-corrected chi connectivity index (χ0v) is 9.59. The maximum Gasteiger partial charge on any atom is 0.153 e. The van der Waals surface area contributed by atoms with E-state index in [-0.39, 0.29) is 11.3 Å². The molecule has 0 bridgehead atoms. The van der Waals surface area contributed by atoms with E-state index in [4.69, 9.17) is 4.74 Å². The minimum Gasteiger partial charge on any atom is -0.506 e. The minimum atomic E-state index is -0.0750. The molecule has 76 valence electrons. The van der Waals surface area contributed by atoms with Crippen LogP contribution in [0.5, 0.6) is 11.5 Å². The van der Waals surface area contributed by atoms with E-state index >= 15 is 0 Å². The zero-order valence-electron chi connectivity index (χ0n) is 8.00. The van der Waals surface area contributed by atoms with Crippen molar-refractivity contribution in [2.24, 2.45) is 0 Å². The summed E-state index contributed by atoms with van der Waals surface area (Å²) in [6.07, 6.45) is 1.36. The molecule has 0 amide bonds. The number of halogens is 1. The second-order valence-electron chi connectivity index (χ2n) is 2.79. The number of benzene rings is 1. The van der Waals surface area contributed by atoms with Crippen LogP contribution in [0.1, 0.15) is 22.8 Å². The van der Waals surface area contributed by atoms with E-state index in [1.165, 1.54) is 7.11 Å². The van der Waals surface area contributed by atoms with Gasteiger partial charge in [0.05, 0.1) is 12.7 Å². The van der Waals surface area contributed by atoms with E-state index < -0.39 is 0 Å². The third-order valence-electron chi connectivity index (χ3n) is 2.01. The highest BCUT2D eigenvalue weighted by Gasteiger charge is 2.14. The van der Waals surface area contributed by atoms with Crippen LogP contribution in [0.4, 0.5) is 0 Å². The largest absolute Gasteiger partial charge is 0.506 e. The monoisotopic (exact) mass is 258 g/mol. The Bertz CT molecular complexity index is 361. The zero-order chi connectivity index (χ0) is 10.7. The summed E-state index contributed by atoms with van der Waals surface area (Å²) in [5.74, 6) is 0.504. The summed E-state index contributed by atoms with van der Waals surface area (Å²) in [5, 5.41) is 9.57. The molecule has 0 atom stereocenters. The molecule has 0 radical (unpaired) electrons. The highest BCUT2D eigenvalue weighted by molar-refractivity contribution is 9.10. The summed E-state index contributed by atoms with van der Waals surface area (Å²) in [4.78, 5) is 10.6. The summed E-state index contributed by atoms with van der Waals surface area (Å²) in [5.41, 5.74) is 1.16. The molecule has 3 nitrogen and oxygen atoms in total. The van der Waals surface area contributed by atoms with Crippen molar-refractivity contribution in [1.29, 1.82) is 0 Å². The van der Waals surface area contributed by atoms with Crippen LogP contribution in [0.2, 0.25) is 0 Å². The van der Waals surface area contributed by atoms with Gasteiger partial charge in [-0.2, -0.15) is 0 Å². The van der Waals surface area contributed by atoms with Gasteiger partial charge in [-0.25, -0.2) is 0 Å². The molecule has 14 heavy (non-hydrogen) atoms. The molecule has 0 saturated heterocycles. The minimum absolute atomic E-state index is 0.0750. The summed E-state index contributed by atoms with van der Waals surface area (Å²) in [6.45, 7) is 1.95. The molecular weight excluding hydrogens is 248 g/mol. The van der Waals surface area contributed by atoms with E-state index in [2.05, 4.69) is 15.9 Å². The molecule has 0 fully saturated rings. The van der Waals surface area contributed by atoms with Crippen LogP contribution < -0.4 is 4.74 Å². The average molecular weight is 259 g/mol. The van der Waals surface area contributed by atoms with Crippen LogP contribution >= 0.6 is 15.9 Å². The number of phenols is 1. The lowest BCUT2D eigenvalue weighted by Crippen LogP contribution is -1.95. The van der Waals surface area contributed by atoms with Crippen molar-refractivity contribution in [2.45, 2.75) is 13.3 Å². The average Bonchev–Trinajstić information content (AvgIpc) is 2.21. The van der Waals surface area contributed by atoms with Crippen LogP contribution in [0.25, 0.3) is 0 Å². The number of phenolic OH excluding ortho intramolecular Hbond substituents is 1. The molecule has 0 aliphatic rings. The number of carbonyl (C=O) groups excluding carboxylic acids is 1. The fraction of sp³-hybridized carbons (Fsp3) is 0.300. The summed E-state index contributed by atoms with van der Waals surface area (Å²) >= 11 is 3.19. The van der Waals surface area contributed by atoms with Crippen LogP contribution in [0.3, 0.4) is 0 Å². The fourth-order valence-corrected chi connectivity index (χ4v) is 1.92. The number of aromatic hydroxyl groups is 1. The number of carbonyl (C=O) groups is 1. The molecule has 0 aromatic heterocycles. The van der Waals surface area contributed by atoms with Crippen molar-refractivity contribution in [3.8, 4) is 11.5 Å². The second kappa shape index (κ2) is 4.46. The first kappa shape index (κ1) is 11.0. The normalized spacial score (nSPS) is 9.93. The van der Waals surface area contributed by atoms with Crippen LogP contribution in [-0.4, -0.2) is 18.5 Å². The molecule has 0 unspecified atom stereocenters. The van der Waals surface area contributed by atoms with E-state index in [9.17, 15) is 9.90 Å². The lowest BCUT2D eigenvalue weighted by Gasteiger charge is -2.11. The molecular formula is C10H11BrO3. The van der Waals surface area contributed by atoms with Gasteiger partial charge in [-0.1, -0.05) is 6.92 Å². The van der Waals surface area contributed by atoms with Gasteiger partial charge in [-0.05, 0) is 34.0 Å². The molecule has 1 aromatic carbocycles. The first-order chi connectivity index (χ1) is 6.65. The van der Waals surface area contributed by atoms with E-state index in [0.717, 1.165) is 12.0 Å². The Morgan fingerprint density at radius 2 is 2.29 bits per heavy atom. The number of rotatable bonds is 3. The van der Waals surface area contributed by atoms with E-state index in [1.807, 2.05) is 6.92 Å². The molecule has 0 aliphatic heterocycles. The van der Waals surface area contributed by atoms with Gasteiger partial charge < -0.3 is 9.84 Å². The Kier molecular flexibility index (Phi) is 3.52. The molecule has 4 heteroatoms. The van der Waals surface area contributed by atoms with Crippen LogP contribution in [0, 0.1) is 0 Å². The Morgan fingerprint density at radius 1 is 1.64 bits per heavy atom. The van der Waals surface area contributed by atoms with Crippen molar-refractivity contribution in [1.82, 2.24) is 0 Å². The summed E-state index contributed by atoms with van der Waals surface area (Å²) < 4.78 is 5.56. The molecule has 1 rings (SSSR count). The molecule has 1 N–H and O–H groups in total. The van der Waals surface area contributed by atoms with Crippen LogP contribution in [-0.2, 0) is 6.42 Å². The van der Waals surface area contributed by atoms with Crippen molar-refractivity contribution < 1.29 is 14.6 Å². The summed E-state index contributed by atoms with van der Waals surface area (Å²) in [6, 6.07) is 1.63. The van der Waals surface area contributed by atoms with Crippen LogP contribution in [0.15, 0.2) is 10.5 Å². The topological polar surface area (TPSA) is 46.5 Å². The highest BCUT2D eigenvalue weighted by atomic mass is 79.9. The van der Waals surface area contributed by atoms with Gasteiger partial charge in [0.25, 0.3) is 0 Å². The Morgan fingerprint density at radius 3 is 2.71 bits per heavy atom. The first-order valence-corrected chi connectivity index (χ1v) is 4.98. The first-order valence-electron chi connectivity index (χ1n) is 4.19. The number of hydrogen-bond donors (Lipinski definition) is 1. The number of hydrogen-bond acceptors (Lipinski definition) is 3. The molecule has 0 spiro atoms. The van der Waals surface area contributed by atoms with Crippen molar-refractivity contribution in [2.75, 3.05) is 7.11 Å². The van der Waals surface area contributed by atoms with E-state index in [1.54, 1.807) is 6.07 Å². The lowest BCUT2D eigenvalue weighted by molar-refractivity contribution is 0.112. The lowest BCUT2D eigenvalue weighted by atomic mass is 10.1. The second-order valence-corrected chi connectivity index (χ2v) is 3.59. The smallest absolute Gasteiger partial charge is 0.153 e. The van der Waals surface area contributed by atoms with Gasteiger partial charge in [-0.3, -0.25) is 4.79 Å². The molecule has 0 heterocycles. The highest BCUT2D eigenvalue weighted by Crippen LogP contribution is 2.38. The predicted molar refractivity (Wildman–Crippen MR) is 57.1 cm³/mol.